The molecule has 0 atom stereocenters. The second-order valence-corrected chi connectivity index (χ2v) is 5.82. The summed E-state index contributed by atoms with van der Waals surface area (Å²) in [5, 5.41) is 5.01. The first-order chi connectivity index (χ1) is 9.56. The molecular weight excluding hydrogens is 280 g/mol. The number of thiophene rings is 1. The summed E-state index contributed by atoms with van der Waals surface area (Å²) < 4.78 is 33.0. The first-order valence-electron chi connectivity index (χ1n) is 6.42. The Kier molecular flexibility index (Phi) is 5.09. The summed E-state index contributed by atoms with van der Waals surface area (Å²) >= 11 is 1.49. The van der Waals surface area contributed by atoms with E-state index in [1.165, 1.54) is 23.5 Å². The van der Waals surface area contributed by atoms with Crippen molar-refractivity contribution in [1.82, 2.24) is 5.32 Å². The molecule has 0 bridgehead atoms. The van der Waals surface area contributed by atoms with Crippen molar-refractivity contribution in [2.75, 3.05) is 0 Å². The van der Waals surface area contributed by atoms with E-state index in [-0.39, 0.29) is 18.4 Å². The van der Waals surface area contributed by atoms with Crippen molar-refractivity contribution in [3.63, 3.8) is 0 Å². The SMILES string of the molecule is CC(C)NCc1cc(F)c(OCc2cccs2)c(F)c1. The topological polar surface area (TPSA) is 21.3 Å². The van der Waals surface area contributed by atoms with E-state index >= 15 is 0 Å². The molecule has 2 nitrogen and oxygen atoms in total. The number of nitrogens with one attached hydrogen (secondary N) is 1. The van der Waals surface area contributed by atoms with Crippen molar-refractivity contribution in [2.45, 2.75) is 33.0 Å². The molecule has 2 aromatic rings. The fraction of sp³-hybridized carbons (Fsp3) is 0.333. The van der Waals surface area contributed by atoms with Crippen molar-refractivity contribution >= 4 is 11.3 Å². The lowest BCUT2D eigenvalue weighted by atomic mass is 10.2. The van der Waals surface area contributed by atoms with E-state index in [1.807, 2.05) is 31.4 Å². The van der Waals surface area contributed by atoms with Crippen LogP contribution in [0.15, 0.2) is 29.6 Å². The van der Waals surface area contributed by atoms with Crippen LogP contribution in [0.3, 0.4) is 0 Å². The average Bonchev–Trinajstić information content (AvgIpc) is 2.88. The van der Waals surface area contributed by atoms with Gasteiger partial charge in [0.1, 0.15) is 6.61 Å². The van der Waals surface area contributed by atoms with Crippen molar-refractivity contribution in [2.24, 2.45) is 0 Å². The van der Waals surface area contributed by atoms with Crippen LogP contribution in [0.1, 0.15) is 24.3 Å². The molecule has 108 valence electrons. The molecule has 0 fully saturated rings. The number of benzene rings is 1. The predicted molar refractivity (Wildman–Crippen MR) is 77.0 cm³/mol. The zero-order valence-corrected chi connectivity index (χ0v) is 12.3. The Hall–Kier alpha value is -1.46. The third-order valence-electron chi connectivity index (χ3n) is 2.71. The van der Waals surface area contributed by atoms with Gasteiger partial charge in [-0.15, -0.1) is 11.3 Å². The molecule has 1 N–H and O–H groups in total. The minimum Gasteiger partial charge on any atom is -0.482 e. The normalized spacial score (nSPS) is 11.1. The van der Waals surface area contributed by atoms with Gasteiger partial charge in [0.05, 0.1) is 0 Å². The van der Waals surface area contributed by atoms with Crippen LogP contribution >= 0.6 is 11.3 Å². The molecule has 1 heterocycles. The van der Waals surface area contributed by atoms with Crippen molar-refractivity contribution in [1.29, 1.82) is 0 Å². The maximum Gasteiger partial charge on any atom is 0.191 e. The van der Waals surface area contributed by atoms with Crippen molar-refractivity contribution < 1.29 is 13.5 Å². The summed E-state index contributed by atoms with van der Waals surface area (Å²) in [6.07, 6.45) is 0. The minimum atomic E-state index is -0.665. The Morgan fingerprint density at radius 1 is 1.25 bits per heavy atom. The zero-order chi connectivity index (χ0) is 14.5. The molecule has 0 unspecified atom stereocenters. The smallest absolute Gasteiger partial charge is 0.191 e. The number of hydrogen-bond donors (Lipinski definition) is 1. The van der Waals surface area contributed by atoms with E-state index in [0.29, 0.717) is 12.1 Å². The van der Waals surface area contributed by atoms with Gasteiger partial charge in [-0.2, -0.15) is 0 Å². The Labute approximate surface area is 121 Å². The third kappa shape index (κ3) is 4.02. The van der Waals surface area contributed by atoms with E-state index in [9.17, 15) is 8.78 Å². The maximum atomic E-state index is 13.9. The number of rotatable bonds is 6. The highest BCUT2D eigenvalue weighted by molar-refractivity contribution is 7.09. The predicted octanol–water partition coefficient (Wildman–Crippen LogP) is 4.10. The molecule has 1 aromatic carbocycles. The van der Waals surface area contributed by atoms with E-state index in [4.69, 9.17) is 4.74 Å². The van der Waals surface area contributed by atoms with Crippen molar-refractivity contribution in [3.05, 3.63) is 51.7 Å². The van der Waals surface area contributed by atoms with E-state index in [2.05, 4.69) is 5.32 Å². The molecule has 0 aliphatic heterocycles. The molecule has 0 spiro atoms. The number of hydrogen-bond acceptors (Lipinski definition) is 3. The monoisotopic (exact) mass is 297 g/mol. The largest absolute Gasteiger partial charge is 0.482 e. The molecule has 0 aliphatic rings. The van der Waals surface area contributed by atoms with Crippen LogP contribution < -0.4 is 10.1 Å². The van der Waals surface area contributed by atoms with Crippen molar-refractivity contribution in [3.8, 4) is 5.75 Å². The van der Waals surface area contributed by atoms with Gasteiger partial charge in [-0.25, -0.2) is 8.78 Å². The summed E-state index contributed by atoms with van der Waals surface area (Å²) in [5.41, 5.74) is 0.567. The molecule has 0 radical (unpaired) electrons. The summed E-state index contributed by atoms with van der Waals surface area (Å²) in [7, 11) is 0. The summed E-state index contributed by atoms with van der Waals surface area (Å²) in [6.45, 7) is 4.56. The highest BCUT2D eigenvalue weighted by atomic mass is 32.1. The molecule has 0 amide bonds. The van der Waals surface area contributed by atoms with Crippen LogP contribution in [0, 0.1) is 11.6 Å². The molecular formula is C15H17F2NOS. The van der Waals surface area contributed by atoms with Gasteiger partial charge in [0.2, 0.25) is 0 Å². The molecule has 20 heavy (non-hydrogen) atoms. The minimum absolute atomic E-state index is 0.176. The van der Waals surface area contributed by atoms with Crippen LogP contribution in [0.25, 0.3) is 0 Å². The molecule has 0 saturated heterocycles. The van der Waals surface area contributed by atoms with Gasteiger partial charge in [-0.3, -0.25) is 0 Å². The zero-order valence-electron chi connectivity index (χ0n) is 11.5. The van der Waals surface area contributed by atoms with Gasteiger partial charge in [0.15, 0.2) is 17.4 Å². The van der Waals surface area contributed by atoms with Crippen LogP contribution in [0.4, 0.5) is 8.78 Å². The number of ether oxygens (including phenoxy) is 1. The van der Waals surface area contributed by atoms with E-state index < -0.39 is 11.6 Å². The van der Waals surface area contributed by atoms with Gasteiger partial charge >= 0.3 is 0 Å². The van der Waals surface area contributed by atoms with Gasteiger partial charge in [0.25, 0.3) is 0 Å². The molecule has 2 rings (SSSR count). The summed E-state index contributed by atoms with van der Waals surface area (Å²) in [4.78, 5) is 0.925. The molecule has 1 aromatic heterocycles. The average molecular weight is 297 g/mol. The number of halogens is 2. The highest BCUT2D eigenvalue weighted by Crippen LogP contribution is 2.25. The Bertz CT molecular complexity index is 532. The second kappa shape index (κ2) is 6.81. The molecule has 0 saturated carbocycles. The van der Waals surface area contributed by atoms with Gasteiger partial charge < -0.3 is 10.1 Å². The fourth-order valence-electron chi connectivity index (χ4n) is 1.71. The first-order valence-corrected chi connectivity index (χ1v) is 7.30. The summed E-state index contributed by atoms with van der Waals surface area (Å²) in [6, 6.07) is 6.61. The van der Waals surface area contributed by atoms with Gasteiger partial charge in [-0.1, -0.05) is 19.9 Å². The second-order valence-electron chi connectivity index (χ2n) is 4.79. The van der Waals surface area contributed by atoms with Crippen LogP contribution in [0.5, 0.6) is 5.75 Å². The van der Waals surface area contributed by atoms with Crippen LogP contribution in [-0.2, 0) is 13.2 Å². The Morgan fingerprint density at radius 2 is 1.95 bits per heavy atom. The lowest BCUT2D eigenvalue weighted by molar-refractivity contribution is 0.276. The standard InChI is InChI=1S/C15H17F2NOS/c1-10(2)18-8-11-6-13(16)15(14(17)7-11)19-9-12-4-3-5-20-12/h3-7,10,18H,8-9H2,1-2H3. The van der Waals surface area contributed by atoms with Gasteiger partial charge in [-0.05, 0) is 29.1 Å². The molecule has 5 heteroatoms. The van der Waals surface area contributed by atoms with E-state index in [1.54, 1.807) is 0 Å². The fourth-order valence-corrected chi connectivity index (χ4v) is 2.33. The highest BCUT2D eigenvalue weighted by Gasteiger charge is 2.13. The van der Waals surface area contributed by atoms with Crippen LogP contribution in [-0.4, -0.2) is 6.04 Å². The first kappa shape index (κ1) is 14.9. The lowest BCUT2D eigenvalue weighted by Crippen LogP contribution is -2.22. The third-order valence-corrected chi connectivity index (χ3v) is 3.56. The lowest BCUT2D eigenvalue weighted by Gasteiger charge is -2.11. The summed E-state index contributed by atoms with van der Waals surface area (Å²) in [5.74, 6) is -1.64. The quantitative estimate of drug-likeness (QED) is 0.866. The maximum absolute atomic E-state index is 13.9. The Morgan fingerprint density at radius 3 is 2.50 bits per heavy atom. The molecule has 0 aliphatic carbocycles. The Balaban J connectivity index is 2.06. The van der Waals surface area contributed by atoms with Gasteiger partial charge in [0, 0.05) is 17.5 Å². The van der Waals surface area contributed by atoms with Crippen LogP contribution in [0.2, 0.25) is 0 Å². The van der Waals surface area contributed by atoms with E-state index in [0.717, 1.165) is 4.88 Å².